The summed E-state index contributed by atoms with van der Waals surface area (Å²) in [6, 6.07) is 18.3. The van der Waals surface area contributed by atoms with Crippen molar-refractivity contribution in [2.75, 3.05) is 0 Å². The lowest BCUT2D eigenvalue weighted by Gasteiger charge is -2.25. The zero-order chi connectivity index (χ0) is 15.9. The Hall–Kier alpha value is -2.34. The van der Waals surface area contributed by atoms with Crippen molar-refractivity contribution in [1.29, 1.82) is 0 Å². The summed E-state index contributed by atoms with van der Waals surface area (Å²) < 4.78 is 0. The molecule has 2 aliphatic carbocycles. The predicted molar refractivity (Wildman–Crippen MR) is 103 cm³/mol. The largest absolute Gasteiger partial charge is 0.0836 e. The Balaban J connectivity index is 1.92. The first kappa shape index (κ1) is 14.0. The maximum atomic E-state index is 2.39. The van der Waals surface area contributed by atoms with Gasteiger partial charge >= 0.3 is 0 Å². The van der Waals surface area contributed by atoms with Crippen molar-refractivity contribution >= 4 is 16.8 Å². The Bertz CT molecular complexity index is 959. The number of hydrogen-bond donors (Lipinski definition) is 0. The van der Waals surface area contributed by atoms with Crippen LogP contribution in [0.5, 0.6) is 0 Å². The maximum absolute atomic E-state index is 2.39. The van der Waals surface area contributed by atoms with E-state index in [0.717, 1.165) is 0 Å². The number of hydrogen-bond acceptors (Lipinski definition) is 0. The van der Waals surface area contributed by atoms with Crippen LogP contribution in [0.3, 0.4) is 0 Å². The van der Waals surface area contributed by atoms with Crippen LogP contribution in [0, 0.1) is 0 Å². The highest BCUT2D eigenvalue weighted by molar-refractivity contribution is 6.00. The maximum Gasteiger partial charge on any atom is -0.00676 e. The second-order valence-electron chi connectivity index (χ2n) is 7.14. The van der Waals surface area contributed by atoms with Gasteiger partial charge in [-0.3, -0.25) is 0 Å². The first-order chi connectivity index (χ1) is 11.9. The molecule has 0 amide bonds. The van der Waals surface area contributed by atoms with E-state index in [2.05, 4.69) is 60.7 Å². The Kier molecular flexibility index (Phi) is 3.29. The van der Waals surface area contributed by atoms with Gasteiger partial charge in [0.25, 0.3) is 0 Å². The zero-order valence-corrected chi connectivity index (χ0v) is 14.0. The number of fused-ring (bicyclic) bond motifs is 7. The highest BCUT2D eigenvalue weighted by atomic mass is 14.2. The van der Waals surface area contributed by atoms with Crippen LogP contribution in [-0.2, 0) is 19.3 Å². The predicted octanol–water partition coefficient (Wildman–Crippen LogP) is 6.35. The molecular formula is C24H22. The number of rotatable bonds is 0. The van der Waals surface area contributed by atoms with Gasteiger partial charge in [0.1, 0.15) is 0 Å². The Morgan fingerprint density at radius 1 is 0.667 bits per heavy atom. The van der Waals surface area contributed by atoms with Gasteiger partial charge in [-0.2, -0.15) is 0 Å². The van der Waals surface area contributed by atoms with Crippen LogP contribution in [0.2, 0.25) is 0 Å². The third-order valence-electron chi connectivity index (χ3n) is 5.70. The molecule has 0 spiro atoms. The summed E-state index contributed by atoms with van der Waals surface area (Å²) >= 11 is 0. The average Bonchev–Trinajstić information content (AvgIpc) is 2.62. The van der Waals surface area contributed by atoms with Gasteiger partial charge in [0.05, 0.1) is 0 Å². The molecule has 0 saturated heterocycles. The van der Waals surface area contributed by atoms with E-state index in [1.54, 1.807) is 16.7 Å². The quantitative estimate of drug-likeness (QED) is 0.454. The fourth-order valence-electron chi connectivity index (χ4n) is 4.55. The van der Waals surface area contributed by atoms with E-state index in [4.69, 9.17) is 0 Å². The van der Waals surface area contributed by atoms with Crippen molar-refractivity contribution < 1.29 is 0 Å². The van der Waals surface area contributed by atoms with E-state index in [9.17, 15) is 0 Å². The molecule has 118 valence electrons. The third-order valence-corrected chi connectivity index (χ3v) is 5.70. The van der Waals surface area contributed by atoms with E-state index < -0.39 is 0 Å². The van der Waals surface area contributed by atoms with Crippen molar-refractivity contribution in [3.05, 3.63) is 76.9 Å². The molecule has 0 nitrogen and oxygen atoms in total. The lowest BCUT2D eigenvalue weighted by Crippen LogP contribution is -2.06. The van der Waals surface area contributed by atoms with Crippen molar-refractivity contribution in [2.24, 2.45) is 0 Å². The van der Waals surface area contributed by atoms with E-state index in [-0.39, 0.29) is 0 Å². The monoisotopic (exact) mass is 310 g/mol. The molecule has 0 heterocycles. The SMILES string of the molecule is C1=Cc2ccc3c(c2CC1)-c1c(ccc2ccccc12)CCCC3. The van der Waals surface area contributed by atoms with Crippen molar-refractivity contribution in [3.63, 3.8) is 0 Å². The van der Waals surface area contributed by atoms with E-state index in [1.165, 1.54) is 66.0 Å². The molecule has 0 unspecified atom stereocenters. The van der Waals surface area contributed by atoms with Gasteiger partial charge in [-0.15, -0.1) is 0 Å². The summed E-state index contributed by atoms with van der Waals surface area (Å²) in [5.41, 5.74) is 9.19. The molecule has 2 aliphatic rings. The summed E-state index contributed by atoms with van der Waals surface area (Å²) in [7, 11) is 0. The van der Waals surface area contributed by atoms with E-state index >= 15 is 0 Å². The number of benzene rings is 3. The van der Waals surface area contributed by atoms with Crippen LogP contribution in [-0.4, -0.2) is 0 Å². The van der Waals surface area contributed by atoms with Crippen molar-refractivity contribution in [1.82, 2.24) is 0 Å². The molecule has 0 atom stereocenters. The standard InChI is InChI=1S/C24H22/c1-2-10-20-16-14-18-8-4-6-12-22(18)24(20)23-19(9-1)15-13-17-7-3-5-11-21(17)23/h3-5,7-8,11,13-16H,1-2,6,9-10,12H2. The number of allylic oxidation sites excluding steroid dienone is 1. The van der Waals surface area contributed by atoms with Crippen LogP contribution in [0.25, 0.3) is 28.0 Å². The lowest BCUT2D eigenvalue weighted by atomic mass is 9.79. The summed E-state index contributed by atoms with van der Waals surface area (Å²) in [5, 5.41) is 2.80. The molecule has 24 heavy (non-hydrogen) atoms. The van der Waals surface area contributed by atoms with Crippen LogP contribution < -0.4 is 0 Å². The fourth-order valence-corrected chi connectivity index (χ4v) is 4.55. The second-order valence-corrected chi connectivity index (χ2v) is 7.14. The van der Waals surface area contributed by atoms with Crippen LogP contribution in [0.15, 0.2) is 54.6 Å². The molecule has 0 saturated carbocycles. The molecule has 0 radical (unpaired) electrons. The zero-order valence-electron chi connectivity index (χ0n) is 14.0. The minimum Gasteiger partial charge on any atom is -0.0836 e. The first-order valence-corrected chi connectivity index (χ1v) is 9.24. The first-order valence-electron chi connectivity index (χ1n) is 9.24. The smallest absolute Gasteiger partial charge is 0.00676 e. The number of aryl methyl sites for hydroxylation is 2. The molecule has 3 aromatic rings. The molecule has 0 fully saturated rings. The Morgan fingerprint density at radius 3 is 2.38 bits per heavy atom. The highest BCUT2D eigenvalue weighted by Gasteiger charge is 2.21. The van der Waals surface area contributed by atoms with Crippen molar-refractivity contribution in [2.45, 2.75) is 38.5 Å². The van der Waals surface area contributed by atoms with Crippen molar-refractivity contribution in [3.8, 4) is 11.1 Å². The second kappa shape index (κ2) is 5.63. The summed E-state index contributed by atoms with van der Waals surface area (Å²) in [6.07, 6.45) is 12.0. The minimum absolute atomic E-state index is 1.17. The summed E-state index contributed by atoms with van der Waals surface area (Å²) in [6.45, 7) is 0. The van der Waals surface area contributed by atoms with Gasteiger partial charge in [-0.1, -0.05) is 60.7 Å². The van der Waals surface area contributed by atoms with Gasteiger partial charge in [0.15, 0.2) is 0 Å². The summed E-state index contributed by atoms with van der Waals surface area (Å²) in [4.78, 5) is 0. The minimum atomic E-state index is 1.17. The van der Waals surface area contributed by atoms with Crippen LogP contribution in [0.4, 0.5) is 0 Å². The molecule has 0 aliphatic heterocycles. The normalized spacial score (nSPS) is 16.0. The van der Waals surface area contributed by atoms with Gasteiger partial charge in [0, 0.05) is 0 Å². The Morgan fingerprint density at radius 2 is 1.46 bits per heavy atom. The van der Waals surface area contributed by atoms with E-state index in [1.807, 2.05) is 0 Å². The lowest BCUT2D eigenvalue weighted by molar-refractivity contribution is 0.728. The van der Waals surface area contributed by atoms with Gasteiger partial charge < -0.3 is 0 Å². The molecular weight excluding hydrogens is 288 g/mol. The molecule has 0 N–H and O–H groups in total. The molecule has 3 aromatic carbocycles. The van der Waals surface area contributed by atoms with Gasteiger partial charge in [-0.25, -0.2) is 0 Å². The molecule has 0 aromatic heterocycles. The van der Waals surface area contributed by atoms with Crippen LogP contribution in [0.1, 0.15) is 41.5 Å². The topological polar surface area (TPSA) is 0 Å². The molecule has 0 bridgehead atoms. The molecule has 0 heteroatoms. The summed E-state index contributed by atoms with van der Waals surface area (Å²) in [5.74, 6) is 0. The Labute approximate surface area is 143 Å². The van der Waals surface area contributed by atoms with Gasteiger partial charge in [0.2, 0.25) is 0 Å². The third kappa shape index (κ3) is 2.13. The van der Waals surface area contributed by atoms with Gasteiger partial charge in [-0.05, 0) is 82.7 Å². The van der Waals surface area contributed by atoms with E-state index in [0.29, 0.717) is 0 Å². The molecule has 5 rings (SSSR count). The highest BCUT2D eigenvalue weighted by Crippen LogP contribution is 2.41. The van der Waals surface area contributed by atoms with Crippen LogP contribution >= 0.6 is 0 Å². The fraction of sp³-hybridized carbons (Fsp3) is 0.250. The average molecular weight is 310 g/mol.